The van der Waals surface area contributed by atoms with E-state index in [2.05, 4.69) is 208 Å². The Balaban J connectivity index is 0.899. The van der Waals surface area contributed by atoms with Gasteiger partial charge < -0.3 is 28.1 Å². The molecule has 0 fully saturated rings. The van der Waals surface area contributed by atoms with Gasteiger partial charge in [-0.1, -0.05) is 246 Å². The predicted molar refractivity (Wildman–Crippen MR) is 341 cm³/mol. The van der Waals surface area contributed by atoms with Gasteiger partial charge in [0.15, 0.2) is 23.0 Å². The highest BCUT2D eigenvalue weighted by molar-refractivity contribution is 6.68. The second-order valence-electron chi connectivity index (χ2n) is 22.2. The van der Waals surface area contributed by atoms with Crippen LogP contribution in [-0.2, 0) is 0 Å². The second-order valence-corrected chi connectivity index (χ2v) is 22.2. The quantitative estimate of drug-likeness (QED) is 0.0485. The van der Waals surface area contributed by atoms with Crippen molar-refractivity contribution in [3.05, 3.63) is 206 Å². The van der Waals surface area contributed by atoms with Crippen molar-refractivity contribution in [3.8, 4) is 79.0 Å². The largest absolute Gasteiger partial charge is 0.633 e. The van der Waals surface area contributed by atoms with Crippen LogP contribution >= 0.6 is 0 Å². The maximum Gasteiger partial charge on any atom is 0.633 e. The first-order chi connectivity index (χ1) is 40.6. The van der Waals surface area contributed by atoms with Gasteiger partial charge in [-0.2, -0.15) is 0 Å². The summed E-state index contributed by atoms with van der Waals surface area (Å²) in [7, 11) is -1.59. The first kappa shape index (κ1) is 49.9. The third-order valence-electron chi connectivity index (χ3n) is 17.1. The van der Waals surface area contributed by atoms with Crippen molar-refractivity contribution in [1.82, 2.24) is 0 Å². The van der Waals surface area contributed by atoms with Crippen molar-refractivity contribution in [3.63, 3.8) is 0 Å². The van der Waals surface area contributed by atoms with Crippen LogP contribution in [0.4, 0.5) is 0 Å². The maximum absolute atomic E-state index is 7.43. The summed E-state index contributed by atoms with van der Waals surface area (Å²) in [5.41, 5.74) is 9.41. The highest BCUT2D eigenvalue weighted by Gasteiger charge is 2.47. The number of ether oxygens (including phenoxy) is 2. The van der Waals surface area contributed by atoms with Gasteiger partial charge in [0, 0.05) is 22.1 Å². The molecule has 0 amide bonds. The summed E-state index contributed by atoms with van der Waals surface area (Å²) in [4.78, 5) is 0. The summed E-state index contributed by atoms with van der Waals surface area (Å²) in [6, 6.07) is 73.6. The van der Waals surface area contributed by atoms with E-state index in [1.54, 1.807) is 0 Å². The number of unbranched alkanes of at least 4 members (excludes halogenated alkanes) is 6. The van der Waals surface area contributed by atoms with Crippen molar-refractivity contribution < 1.29 is 28.1 Å². The summed E-state index contributed by atoms with van der Waals surface area (Å²) >= 11 is 0. The molecule has 0 radical (unpaired) electrons. The lowest BCUT2D eigenvalue weighted by Gasteiger charge is -2.18. The zero-order valence-electron chi connectivity index (χ0n) is 46.3. The Morgan fingerprint density at radius 3 is 1.04 bits per heavy atom. The van der Waals surface area contributed by atoms with Gasteiger partial charge in [0.05, 0.1) is 24.3 Å². The van der Waals surface area contributed by atoms with Gasteiger partial charge >= 0.3 is 14.2 Å². The van der Waals surface area contributed by atoms with Crippen LogP contribution in [0.15, 0.2) is 206 Å². The van der Waals surface area contributed by atoms with Crippen molar-refractivity contribution in [2.75, 3.05) is 13.2 Å². The Morgan fingerprint density at radius 1 is 0.305 bits per heavy atom. The Kier molecular flexibility index (Phi) is 12.8. The summed E-state index contributed by atoms with van der Waals surface area (Å²) < 4.78 is 42.6. The lowest BCUT2D eigenvalue weighted by molar-refractivity contribution is 0.306. The van der Waals surface area contributed by atoms with Gasteiger partial charge in [-0.3, -0.25) is 0 Å². The van der Waals surface area contributed by atoms with E-state index in [1.807, 2.05) is 12.1 Å². The van der Waals surface area contributed by atoms with E-state index in [1.165, 1.54) is 79.5 Å². The number of rotatable bonds is 18. The molecular formula is C74H60B2O6. The van der Waals surface area contributed by atoms with Gasteiger partial charge in [0.25, 0.3) is 0 Å². The van der Waals surface area contributed by atoms with E-state index in [0.717, 1.165) is 103 Å². The van der Waals surface area contributed by atoms with Crippen LogP contribution in [0.5, 0.6) is 34.5 Å². The normalized spacial score (nSPS) is 12.9. The molecule has 2 aliphatic rings. The number of hydrogen-bond donors (Lipinski definition) is 0. The second kappa shape index (κ2) is 21.1. The topological polar surface area (TPSA) is 55.4 Å². The molecule has 0 N–H and O–H groups in total. The maximum atomic E-state index is 7.43. The zero-order chi connectivity index (χ0) is 54.7. The molecular weight excluding hydrogens is 1010 g/mol. The SMILES string of the molecule is CCCCCCOc1ccccc1-c1ccc(-c2c3c(c(-c4ccc(-c5ccccc5OCCCCCC)cc4)c4c2OB(c2ccc5ccc6cccc7ccc2c5c67)O4)OB(c2ccc4ccc5cccc6ccc2c4c56)O3)cc1. The first-order valence-electron chi connectivity index (χ1n) is 29.5. The summed E-state index contributed by atoms with van der Waals surface area (Å²) in [6.45, 7) is 5.83. The molecule has 8 heteroatoms. The Labute approximate surface area is 479 Å². The molecule has 0 bridgehead atoms. The minimum Gasteiger partial charge on any atom is -0.519 e. The van der Waals surface area contributed by atoms with Gasteiger partial charge in [0.1, 0.15) is 11.5 Å². The molecule has 0 unspecified atom stereocenters. The number of hydrogen-bond acceptors (Lipinski definition) is 6. The van der Waals surface area contributed by atoms with Crippen molar-refractivity contribution in [2.45, 2.75) is 65.2 Å². The fraction of sp³-hybridized carbons (Fsp3) is 0.162. The number of para-hydroxylation sites is 2. The molecule has 0 aliphatic carbocycles. The molecule has 2 heterocycles. The van der Waals surface area contributed by atoms with E-state index < -0.39 is 14.2 Å². The van der Waals surface area contributed by atoms with Gasteiger partial charge in [-0.05, 0) is 112 Å². The van der Waals surface area contributed by atoms with Crippen LogP contribution in [0.1, 0.15) is 65.2 Å². The molecule has 0 atom stereocenters. The summed E-state index contributed by atoms with van der Waals surface area (Å²) in [6.07, 6.45) is 9.14. The Bertz CT molecular complexity index is 4160. The molecule has 6 nitrogen and oxygen atoms in total. The van der Waals surface area contributed by atoms with Crippen LogP contribution in [0.3, 0.4) is 0 Å². The van der Waals surface area contributed by atoms with Crippen LogP contribution in [0, 0.1) is 0 Å². The molecule has 2 aliphatic heterocycles. The molecule has 13 aromatic rings. The third-order valence-corrected chi connectivity index (χ3v) is 17.1. The Hall–Kier alpha value is -9.13. The fourth-order valence-electron chi connectivity index (χ4n) is 13.0. The lowest BCUT2D eigenvalue weighted by atomic mass is 9.74. The number of fused-ring (bicyclic) bond motifs is 2. The molecule has 0 aromatic heterocycles. The minimum atomic E-state index is -0.797. The highest BCUT2D eigenvalue weighted by Crippen LogP contribution is 2.61. The van der Waals surface area contributed by atoms with Crippen molar-refractivity contribution in [1.29, 1.82) is 0 Å². The van der Waals surface area contributed by atoms with Crippen molar-refractivity contribution in [2.24, 2.45) is 0 Å². The van der Waals surface area contributed by atoms with Crippen LogP contribution in [0.25, 0.3) is 109 Å². The average Bonchev–Trinajstić information content (AvgIpc) is 3.62. The van der Waals surface area contributed by atoms with Gasteiger partial charge in [-0.25, -0.2) is 0 Å². The lowest BCUT2D eigenvalue weighted by Crippen LogP contribution is -2.40. The molecule has 398 valence electrons. The third kappa shape index (κ3) is 8.57. The van der Waals surface area contributed by atoms with Gasteiger partial charge in [-0.15, -0.1) is 0 Å². The highest BCUT2D eigenvalue weighted by atomic mass is 16.6. The Morgan fingerprint density at radius 2 is 0.646 bits per heavy atom. The van der Waals surface area contributed by atoms with E-state index in [-0.39, 0.29) is 0 Å². The van der Waals surface area contributed by atoms with Crippen LogP contribution in [-0.4, -0.2) is 27.5 Å². The summed E-state index contributed by atoms with van der Waals surface area (Å²) in [5.74, 6) is 4.14. The molecule has 15 rings (SSSR count). The smallest absolute Gasteiger partial charge is 0.519 e. The molecule has 0 saturated heterocycles. The molecule has 0 spiro atoms. The first-order valence-corrected chi connectivity index (χ1v) is 29.5. The summed E-state index contributed by atoms with van der Waals surface area (Å²) in [5, 5.41) is 14.2. The van der Waals surface area contributed by atoms with E-state index >= 15 is 0 Å². The predicted octanol–water partition coefficient (Wildman–Crippen LogP) is 18.4. The monoisotopic (exact) mass is 1070 g/mol. The van der Waals surface area contributed by atoms with E-state index in [9.17, 15) is 0 Å². The van der Waals surface area contributed by atoms with Gasteiger partial charge in [0.2, 0.25) is 0 Å². The van der Waals surface area contributed by atoms with Crippen LogP contribution in [0.2, 0.25) is 0 Å². The van der Waals surface area contributed by atoms with Crippen molar-refractivity contribution >= 4 is 89.8 Å². The van der Waals surface area contributed by atoms with E-state index in [4.69, 9.17) is 28.1 Å². The minimum absolute atomic E-state index is 0.596. The van der Waals surface area contributed by atoms with E-state index in [0.29, 0.717) is 36.2 Å². The molecule has 13 aromatic carbocycles. The van der Waals surface area contributed by atoms with Crippen LogP contribution < -0.4 is 39.0 Å². The fourth-order valence-corrected chi connectivity index (χ4v) is 13.0. The molecule has 0 saturated carbocycles. The number of benzene rings is 13. The average molecular weight is 1070 g/mol. The zero-order valence-corrected chi connectivity index (χ0v) is 46.3. The molecule has 82 heavy (non-hydrogen) atoms. The standard InChI is InChI=1S/C74H60B2O6/c1-3-5-7-13-45-77-63-23-11-9-21-57(63)47-25-29-55(30-26-47)69-71-73(81-75(79-71)61-43-39-53-35-33-49-17-15-19-51-37-41-59(61)67(53)65(49)51)70(56-31-27-48(28-32-56)58-22-10-12-24-64(58)78-46-14-8-6-4-2)74-72(69)80-76(82-74)62-44-40-54-36-34-50-18-16-20-52-38-42-60(62)68(54)66(50)52/h9-12,15-44H,3-8,13-14,45-46H2,1-2H3.